The third-order valence-corrected chi connectivity index (χ3v) is 0.745. The molecule has 3 nitrogen and oxygen atoms in total. The van der Waals surface area contributed by atoms with Crippen molar-refractivity contribution >= 4 is 19.4 Å². The lowest BCUT2D eigenvalue weighted by Gasteiger charge is -1.96. The molecule has 0 heterocycles. The third-order valence-electron chi connectivity index (χ3n) is 0.745. The number of nitrogens with one attached hydrogen (secondary N) is 1. The molecule has 1 N–H and O–H groups in total. The molecule has 48 valence electrons. The van der Waals surface area contributed by atoms with E-state index in [0.29, 0.717) is 6.54 Å². The molecule has 0 fully saturated rings. The highest BCUT2D eigenvalue weighted by molar-refractivity contribution is 6.57. The zero-order valence-corrected chi connectivity index (χ0v) is 5.31. The van der Waals surface area contributed by atoms with Crippen LogP contribution in [0.4, 0.5) is 0 Å². The summed E-state index contributed by atoms with van der Waals surface area (Å²) in [7, 11) is 4.79. The van der Waals surface area contributed by atoms with Gasteiger partial charge in [0.1, 0.15) is 0 Å². The molecule has 2 radical (unpaired) electrons. The van der Waals surface area contributed by atoms with Gasteiger partial charge in [-0.05, 0) is 0 Å². The summed E-state index contributed by atoms with van der Waals surface area (Å²) < 4.78 is 0. The molecule has 0 bridgehead atoms. The Morgan fingerprint density at radius 1 is 1.56 bits per heavy atom. The second-order valence-corrected chi connectivity index (χ2v) is 1.70. The van der Waals surface area contributed by atoms with Crippen LogP contribution >= 0.6 is 0 Å². The average molecular weight is 125 g/mol. The van der Waals surface area contributed by atoms with E-state index >= 15 is 0 Å². The van der Waals surface area contributed by atoms with Gasteiger partial charge in [0.2, 0.25) is 5.91 Å². The van der Waals surface area contributed by atoms with Crippen LogP contribution < -0.4 is 5.32 Å². The van der Waals surface area contributed by atoms with E-state index in [-0.39, 0.29) is 12.3 Å². The van der Waals surface area contributed by atoms with Gasteiger partial charge in [-0.25, -0.2) is 0 Å². The summed E-state index contributed by atoms with van der Waals surface area (Å²) >= 11 is 0. The minimum absolute atomic E-state index is 0.142. The molecule has 1 amide bonds. The third kappa shape index (κ3) is 7.20. The topological polar surface area (TPSA) is 46.2 Å². The summed E-state index contributed by atoms with van der Waals surface area (Å²) in [6, 6.07) is 0. The van der Waals surface area contributed by atoms with Gasteiger partial charge in [-0.3, -0.25) is 4.79 Å². The molecule has 0 rings (SSSR count). The van der Waals surface area contributed by atoms with Crippen molar-refractivity contribution in [1.29, 1.82) is 0 Å². The Hall–Kier alpha value is -0.795. The Bertz CT molecular complexity index is 110. The van der Waals surface area contributed by atoms with Crippen molar-refractivity contribution < 1.29 is 9.59 Å². The molecule has 0 spiro atoms. The van der Waals surface area contributed by atoms with Crippen LogP contribution in [0, 0.1) is 0 Å². The second kappa shape index (κ2) is 4.12. The van der Waals surface area contributed by atoms with Gasteiger partial charge in [-0.1, -0.05) is 0 Å². The van der Waals surface area contributed by atoms with Gasteiger partial charge in [0.15, 0.2) is 7.85 Å². The van der Waals surface area contributed by atoms with Crippen LogP contribution in [-0.2, 0) is 9.59 Å². The van der Waals surface area contributed by atoms with Gasteiger partial charge < -0.3 is 10.1 Å². The Morgan fingerprint density at radius 2 is 2.11 bits per heavy atom. The molecule has 0 aliphatic carbocycles. The van der Waals surface area contributed by atoms with Crippen molar-refractivity contribution in [3.63, 3.8) is 0 Å². The Labute approximate surface area is 55.2 Å². The average Bonchev–Trinajstić information content (AvgIpc) is 1.63. The first-order valence-corrected chi connectivity index (χ1v) is 2.65. The SMILES string of the molecule is [B]C(=O)CCNC(C)=O. The van der Waals surface area contributed by atoms with Crippen LogP contribution in [0.5, 0.6) is 0 Å². The maximum atomic E-state index is 10.2. The fourth-order valence-corrected chi connectivity index (χ4v) is 0.362. The number of hydrogen-bond acceptors (Lipinski definition) is 2. The summed E-state index contributed by atoms with van der Waals surface area (Å²) in [4.78, 5) is 20.2. The fourth-order valence-electron chi connectivity index (χ4n) is 0.362. The molecule has 0 aliphatic rings. The van der Waals surface area contributed by atoms with E-state index in [1.807, 2.05) is 0 Å². The van der Waals surface area contributed by atoms with Crippen molar-refractivity contribution in [2.24, 2.45) is 0 Å². The predicted octanol–water partition coefficient (Wildman–Crippen LogP) is -0.792. The highest BCUT2D eigenvalue weighted by atomic mass is 16.1. The quantitative estimate of drug-likeness (QED) is 0.502. The van der Waals surface area contributed by atoms with Crippen molar-refractivity contribution in [1.82, 2.24) is 5.32 Å². The largest absolute Gasteiger partial charge is 0.356 e. The van der Waals surface area contributed by atoms with Gasteiger partial charge >= 0.3 is 0 Å². The maximum Gasteiger partial charge on any atom is 0.216 e. The van der Waals surface area contributed by atoms with E-state index < -0.39 is 5.68 Å². The molecular weight excluding hydrogens is 117 g/mol. The first kappa shape index (κ1) is 8.20. The van der Waals surface area contributed by atoms with E-state index in [1.165, 1.54) is 6.92 Å². The number of carbonyl (C=O) groups excluding carboxylic acids is 2. The molecule has 0 aliphatic heterocycles. The monoisotopic (exact) mass is 125 g/mol. The van der Waals surface area contributed by atoms with Crippen molar-refractivity contribution in [2.75, 3.05) is 6.54 Å². The molecule has 0 saturated heterocycles. The number of rotatable bonds is 3. The lowest BCUT2D eigenvalue weighted by molar-refractivity contribution is -0.119. The fraction of sp³-hybridized carbons (Fsp3) is 0.600. The molecule has 9 heavy (non-hydrogen) atoms. The summed E-state index contributed by atoms with van der Waals surface area (Å²) in [5.41, 5.74) is -0.399. The molecule has 0 aromatic heterocycles. The normalized spacial score (nSPS) is 8.56. The summed E-state index contributed by atoms with van der Waals surface area (Å²) in [5, 5.41) is 2.44. The summed E-state index contributed by atoms with van der Waals surface area (Å²) in [6.45, 7) is 1.73. The predicted molar refractivity (Wildman–Crippen MR) is 34.1 cm³/mol. The van der Waals surface area contributed by atoms with Crippen LogP contribution in [0.3, 0.4) is 0 Å². The van der Waals surface area contributed by atoms with Gasteiger partial charge in [0.25, 0.3) is 0 Å². The standard InChI is InChI=1S/C5H8BNO2/c1-4(8)7-3-2-5(6)9/h2-3H2,1H3,(H,7,8). The van der Waals surface area contributed by atoms with Crippen molar-refractivity contribution in [3.8, 4) is 0 Å². The van der Waals surface area contributed by atoms with Crippen LogP contribution in [0.25, 0.3) is 0 Å². The lowest BCUT2D eigenvalue weighted by atomic mass is 10.00. The van der Waals surface area contributed by atoms with E-state index in [4.69, 9.17) is 7.85 Å². The number of carbonyl (C=O) groups is 2. The van der Waals surface area contributed by atoms with Crippen LogP contribution in [-0.4, -0.2) is 26.0 Å². The Kier molecular flexibility index (Phi) is 3.76. The van der Waals surface area contributed by atoms with Crippen molar-refractivity contribution in [2.45, 2.75) is 13.3 Å². The van der Waals surface area contributed by atoms with Crippen LogP contribution in [0.15, 0.2) is 0 Å². The smallest absolute Gasteiger partial charge is 0.216 e. The van der Waals surface area contributed by atoms with E-state index in [2.05, 4.69) is 5.32 Å². The van der Waals surface area contributed by atoms with Gasteiger partial charge in [0.05, 0.1) is 5.68 Å². The first-order valence-electron chi connectivity index (χ1n) is 2.65. The number of hydrogen-bond donors (Lipinski definition) is 1. The molecular formula is C5H8BNO2. The van der Waals surface area contributed by atoms with Crippen LogP contribution in [0.2, 0.25) is 0 Å². The molecule has 0 aromatic rings. The van der Waals surface area contributed by atoms with E-state index in [0.717, 1.165) is 0 Å². The molecule has 0 unspecified atom stereocenters. The van der Waals surface area contributed by atoms with E-state index in [1.54, 1.807) is 0 Å². The zero-order chi connectivity index (χ0) is 7.28. The molecule has 0 aromatic carbocycles. The first-order chi connectivity index (χ1) is 4.13. The number of amides is 1. The molecule has 0 atom stereocenters. The lowest BCUT2D eigenvalue weighted by Crippen LogP contribution is -2.22. The molecule has 4 heteroatoms. The minimum atomic E-state index is -0.399. The highest BCUT2D eigenvalue weighted by Crippen LogP contribution is 1.73. The second-order valence-electron chi connectivity index (χ2n) is 1.70. The van der Waals surface area contributed by atoms with Gasteiger partial charge in [-0.2, -0.15) is 0 Å². The van der Waals surface area contributed by atoms with Crippen LogP contribution in [0.1, 0.15) is 13.3 Å². The maximum absolute atomic E-state index is 10.2. The minimum Gasteiger partial charge on any atom is -0.356 e. The van der Waals surface area contributed by atoms with Gasteiger partial charge in [0, 0.05) is 19.9 Å². The Morgan fingerprint density at radius 3 is 2.44 bits per heavy atom. The highest BCUT2D eigenvalue weighted by Gasteiger charge is 1.92. The Balaban J connectivity index is 3.10. The summed E-state index contributed by atoms with van der Waals surface area (Å²) in [5.74, 6) is -0.142. The van der Waals surface area contributed by atoms with Gasteiger partial charge in [-0.15, -0.1) is 0 Å². The van der Waals surface area contributed by atoms with E-state index in [9.17, 15) is 9.59 Å². The summed E-state index contributed by atoms with van der Waals surface area (Å²) in [6.07, 6.45) is 0.208. The van der Waals surface area contributed by atoms with Crippen molar-refractivity contribution in [3.05, 3.63) is 0 Å². The molecule has 0 saturated carbocycles. The zero-order valence-electron chi connectivity index (χ0n) is 5.31.